The third kappa shape index (κ3) is 4.45. The Kier molecular flexibility index (Phi) is 5.47. The van der Waals surface area contributed by atoms with E-state index in [0.29, 0.717) is 11.1 Å². The van der Waals surface area contributed by atoms with Gasteiger partial charge in [-0.3, -0.25) is 9.59 Å². The van der Waals surface area contributed by atoms with Crippen LogP contribution >= 0.6 is 0 Å². The topological polar surface area (TPSA) is 103 Å². The Hall–Kier alpha value is -2.46. The summed E-state index contributed by atoms with van der Waals surface area (Å²) in [5, 5.41) is 22.1. The fourth-order valence-corrected chi connectivity index (χ4v) is 3.17. The molecule has 0 radical (unpaired) electrons. The van der Waals surface area contributed by atoms with Crippen LogP contribution in [0.15, 0.2) is 34.9 Å². The number of amides is 2. The summed E-state index contributed by atoms with van der Waals surface area (Å²) in [6.07, 6.45) is 1.19. The van der Waals surface area contributed by atoms with Crippen molar-refractivity contribution in [1.82, 2.24) is 10.2 Å². The minimum atomic E-state index is -3.03. The van der Waals surface area contributed by atoms with Crippen LogP contribution < -0.4 is 5.32 Å². The van der Waals surface area contributed by atoms with Crippen LogP contribution in [0.25, 0.3) is 11.0 Å². The molecule has 2 heterocycles. The van der Waals surface area contributed by atoms with E-state index < -0.39 is 37.3 Å². The molecule has 10 heteroatoms. The molecule has 2 aromatic rings. The van der Waals surface area contributed by atoms with Crippen LogP contribution in [0, 0.1) is 0 Å². The monoisotopic (exact) mass is 380 g/mol. The van der Waals surface area contributed by atoms with Gasteiger partial charge in [-0.15, -0.1) is 0 Å². The Morgan fingerprint density at radius 1 is 1.33 bits per heavy atom. The fraction of sp³-hybridized carbons (Fsp3) is 0.412. The van der Waals surface area contributed by atoms with Crippen LogP contribution in [0.5, 0.6) is 0 Å². The SMILES string of the molecule is O=C(N[C@@H](Cc1coc2ccccc12)B(O)O)C(=O)N1CCCC(F)(F)C1. The van der Waals surface area contributed by atoms with E-state index >= 15 is 0 Å². The van der Waals surface area contributed by atoms with Crippen LogP contribution in [0.3, 0.4) is 0 Å². The fourth-order valence-electron chi connectivity index (χ4n) is 3.17. The molecule has 1 aromatic carbocycles. The Bertz CT molecular complexity index is 842. The number of nitrogens with one attached hydrogen (secondary N) is 1. The van der Waals surface area contributed by atoms with Gasteiger partial charge >= 0.3 is 18.9 Å². The summed E-state index contributed by atoms with van der Waals surface area (Å²) < 4.78 is 32.3. The average molecular weight is 380 g/mol. The van der Waals surface area contributed by atoms with Crippen molar-refractivity contribution in [2.75, 3.05) is 13.1 Å². The molecule has 144 valence electrons. The summed E-state index contributed by atoms with van der Waals surface area (Å²) in [6.45, 7) is -0.765. The molecule has 0 aliphatic carbocycles. The molecule has 27 heavy (non-hydrogen) atoms. The maximum Gasteiger partial charge on any atom is 0.475 e. The predicted molar refractivity (Wildman–Crippen MR) is 92.8 cm³/mol. The number of carbonyl (C=O) groups excluding carboxylic acids is 2. The zero-order valence-corrected chi connectivity index (χ0v) is 14.4. The molecule has 1 saturated heterocycles. The van der Waals surface area contributed by atoms with Crippen molar-refractivity contribution >= 4 is 29.9 Å². The Morgan fingerprint density at radius 2 is 2.07 bits per heavy atom. The highest BCUT2D eigenvalue weighted by molar-refractivity contribution is 6.45. The molecule has 0 unspecified atom stereocenters. The van der Waals surface area contributed by atoms with Gasteiger partial charge in [0.15, 0.2) is 0 Å². The molecule has 7 nitrogen and oxygen atoms in total. The first-order valence-electron chi connectivity index (χ1n) is 8.56. The summed E-state index contributed by atoms with van der Waals surface area (Å²) in [5.74, 6) is -6.50. The van der Waals surface area contributed by atoms with E-state index in [1.54, 1.807) is 24.3 Å². The number of carbonyl (C=O) groups is 2. The van der Waals surface area contributed by atoms with Crippen molar-refractivity contribution in [3.05, 3.63) is 36.1 Å². The van der Waals surface area contributed by atoms with Gasteiger partial charge in [-0.25, -0.2) is 8.78 Å². The summed E-state index contributed by atoms with van der Waals surface area (Å²) in [7, 11) is -1.95. The molecular formula is C17H19BF2N2O5. The van der Waals surface area contributed by atoms with E-state index in [9.17, 15) is 28.4 Å². The highest BCUT2D eigenvalue weighted by Crippen LogP contribution is 2.26. The standard InChI is InChI=1S/C17H19BF2N2O5/c19-17(20)6-3-7-22(10-17)16(24)15(23)21-14(18(25)26)8-11-9-27-13-5-2-1-4-12(11)13/h1-2,4-5,9,14,25-26H,3,6-8,10H2,(H,21,23)/t14-/m0/s1. The van der Waals surface area contributed by atoms with Gasteiger partial charge in [0.05, 0.1) is 18.7 Å². The quantitative estimate of drug-likeness (QED) is 0.536. The predicted octanol–water partition coefficient (Wildman–Crippen LogP) is 0.730. The number of piperidine rings is 1. The zero-order chi connectivity index (χ0) is 19.6. The molecule has 3 N–H and O–H groups in total. The smallest absolute Gasteiger partial charge is 0.464 e. The van der Waals surface area contributed by atoms with E-state index in [-0.39, 0.29) is 25.8 Å². The second-order valence-corrected chi connectivity index (χ2v) is 6.64. The zero-order valence-electron chi connectivity index (χ0n) is 14.4. The molecule has 0 bridgehead atoms. The molecule has 0 saturated carbocycles. The van der Waals surface area contributed by atoms with Crippen LogP contribution in [0.4, 0.5) is 8.78 Å². The Balaban J connectivity index is 1.68. The van der Waals surface area contributed by atoms with Crippen molar-refractivity contribution < 1.29 is 32.8 Å². The van der Waals surface area contributed by atoms with E-state index in [4.69, 9.17) is 4.42 Å². The second kappa shape index (κ2) is 7.65. The first-order valence-corrected chi connectivity index (χ1v) is 8.56. The van der Waals surface area contributed by atoms with Gasteiger partial charge in [-0.05, 0) is 24.5 Å². The van der Waals surface area contributed by atoms with Crippen LogP contribution in [-0.2, 0) is 16.0 Å². The van der Waals surface area contributed by atoms with Gasteiger partial charge < -0.3 is 24.7 Å². The number of furan rings is 1. The third-order valence-corrected chi connectivity index (χ3v) is 4.55. The van der Waals surface area contributed by atoms with Gasteiger partial charge in [0.25, 0.3) is 5.92 Å². The number of halogens is 2. The van der Waals surface area contributed by atoms with Gasteiger partial charge in [0.2, 0.25) is 0 Å². The first kappa shape index (κ1) is 19.3. The van der Waals surface area contributed by atoms with Gasteiger partial charge in [-0.1, -0.05) is 18.2 Å². The van der Waals surface area contributed by atoms with Gasteiger partial charge in [0.1, 0.15) is 5.58 Å². The lowest BCUT2D eigenvalue weighted by molar-refractivity contribution is -0.152. The van der Waals surface area contributed by atoms with Crippen molar-refractivity contribution in [3.8, 4) is 0 Å². The van der Waals surface area contributed by atoms with Crippen LogP contribution in [-0.4, -0.2) is 58.8 Å². The number of benzene rings is 1. The number of para-hydroxylation sites is 1. The Morgan fingerprint density at radius 3 is 2.78 bits per heavy atom. The minimum Gasteiger partial charge on any atom is -0.464 e. The number of alkyl halides is 2. The summed E-state index contributed by atoms with van der Waals surface area (Å²) in [6, 6.07) is 7.08. The lowest BCUT2D eigenvalue weighted by Gasteiger charge is -2.32. The molecule has 2 amide bonds. The highest BCUT2D eigenvalue weighted by atomic mass is 19.3. The van der Waals surface area contributed by atoms with E-state index in [2.05, 4.69) is 5.32 Å². The number of fused-ring (bicyclic) bond motifs is 1. The molecule has 1 aliphatic heterocycles. The maximum absolute atomic E-state index is 13.5. The highest BCUT2D eigenvalue weighted by Gasteiger charge is 2.39. The van der Waals surface area contributed by atoms with Gasteiger partial charge in [0, 0.05) is 18.4 Å². The molecule has 0 spiro atoms. The lowest BCUT2D eigenvalue weighted by Crippen LogP contribution is -2.55. The Labute approximate surface area is 154 Å². The molecule has 1 atom stereocenters. The number of likely N-dealkylation sites (tertiary alicyclic amines) is 1. The largest absolute Gasteiger partial charge is 0.475 e. The number of rotatable bonds is 4. The lowest BCUT2D eigenvalue weighted by atomic mass is 9.76. The first-order chi connectivity index (χ1) is 12.8. The van der Waals surface area contributed by atoms with Gasteiger partial charge in [-0.2, -0.15) is 0 Å². The third-order valence-electron chi connectivity index (χ3n) is 4.55. The summed E-state index contributed by atoms with van der Waals surface area (Å²) in [5.41, 5.74) is 1.21. The normalized spacial score (nSPS) is 17.6. The van der Waals surface area contributed by atoms with Crippen molar-refractivity contribution in [3.63, 3.8) is 0 Å². The van der Waals surface area contributed by atoms with Crippen LogP contribution in [0.2, 0.25) is 0 Å². The molecular weight excluding hydrogens is 361 g/mol. The van der Waals surface area contributed by atoms with Crippen molar-refractivity contribution in [1.29, 1.82) is 0 Å². The molecule has 1 aliphatic rings. The van der Waals surface area contributed by atoms with Crippen molar-refractivity contribution in [2.45, 2.75) is 31.1 Å². The number of hydrogen-bond donors (Lipinski definition) is 3. The minimum absolute atomic E-state index is 0.0101. The number of nitrogens with zero attached hydrogens (tertiary/aromatic N) is 1. The van der Waals surface area contributed by atoms with E-state index in [1.165, 1.54) is 6.26 Å². The van der Waals surface area contributed by atoms with Crippen molar-refractivity contribution in [2.24, 2.45) is 0 Å². The average Bonchev–Trinajstić information content (AvgIpc) is 3.02. The second-order valence-electron chi connectivity index (χ2n) is 6.64. The summed E-state index contributed by atoms with van der Waals surface area (Å²) in [4.78, 5) is 25.1. The molecule has 3 rings (SSSR count). The van der Waals surface area contributed by atoms with E-state index in [0.717, 1.165) is 10.3 Å². The van der Waals surface area contributed by atoms with Crippen LogP contribution in [0.1, 0.15) is 18.4 Å². The molecule has 1 aromatic heterocycles. The number of hydrogen-bond acceptors (Lipinski definition) is 5. The van der Waals surface area contributed by atoms with E-state index in [1.807, 2.05) is 0 Å². The summed E-state index contributed by atoms with van der Waals surface area (Å²) >= 11 is 0. The molecule has 1 fully saturated rings. The maximum atomic E-state index is 13.5.